The fourth-order valence-corrected chi connectivity index (χ4v) is 6.95. The van der Waals surface area contributed by atoms with Gasteiger partial charge < -0.3 is 5.11 Å². The van der Waals surface area contributed by atoms with E-state index < -0.39 is 5.97 Å². The summed E-state index contributed by atoms with van der Waals surface area (Å²) in [6, 6.07) is 10.7. The van der Waals surface area contributed by atoms with E-state index in [-0.39, 0.29) is 11.0 Å². The SMILES string of the molecule is CC(C)(C)c1nc(Sc2nnc(-c3cccs3)n2-c2ccc(C(=O)O)cc2)sc1Br. The molecule has 0 aliphatic carbocycles. The van der Waals surface area contributed by atoms with Gasteiger partial charge in [-0.3, -0.25) is 4.57 Å². The molecule has 3 aromatic heterocycles. The summed E-state index contributed by atoms with van der Waals surface area (Å²) in [6.45, 7) is 6.38. The molecule has 0 spiro atoms. The van der Waals surface area contributed by atoms with Crippen molar-refractivity contribution in [2.75, 3.05) is 0 Å². The second kappa shape index (κ2) is 8.26. The molecule has 0 unspecified atom stereocenters. The lowest BCUT2D eigenvalue weighted by atomic mass is 9.93. The minimum absolute atomic E-state index is 0.0728. The first-order valence-electron chi connectivity index (χ1n) is 8.91. The molecule has 4 rings (SSSR count). The zero-order chi connectivity index (χ0) is 21.5. The monoisotopic (exact) mass is 520 g/mol. The van der Waals surface area contributed by atoms with Crippen LogP contribution < -0.4 is 0 Å². The molecule has 0 aliphatic rings. The van der Waals surface area contributed by atoms with Gasteiger partial charge in [-0.15, -0.1) is 21.5 Å². The van der Waals surface area contributed by atoms with Crippen LogP contribution in [0.4, 0.5) is 0 Å². The van der Waals surface area contributed by atoms with Crippen molar-refractivity contribution in [3.8, 4) is 16.4 Å². The topological polar surface area (TPSA) is 80.9 Å². The predicted molar refractivity (Wildman–Crippen MR) is 124 cm³/mol. The highest BCUT2D eigenvalue weighted by Crippen LogP contribution is 2.41. The van der Waals surface area contributed by atoms with E-state index in [0.717, 1.165) is 24.4 Å². The van der Waals surface area contributed by atoms with Crippen molar-refractivity contribution in [2.24, 2.45) is 0 Å². The lowest BCUT2D eigenvalue weighted by Gasteiger charge is -2.15. The largest absolute Gasteiger partial charge is 0.478 e. The predicted octanol–water partition coefficient (Wildman–Crippen LogP) is 6.36. The second-order valence-electron chi connectivity index (χ2n) is 7.43. The molecule has 4 aromatic rings. The number of benzene rings is 1. The zero-order valence-corrected chi connectivity index (χ0v) is 20.3. The van der Waals surface area contributed by atoms with E-state index in [4.69, 9.17) is 4.98 Å². The Labute approximate surface area is 194 Å². The number of carboxylic acid groups (broad SMARTS) is 1. The summed E-state index contributed by atoms with van der Waals surface area (Å²) in [5, 5.41) is 20.7. The van der Waals surface area contributed by atoms with Crippen molar-refractivity contribution >= 4 is 56.3 Å². The Morgan fingerprint density at radius 2 is 1.90 bits per heavy atom. The van der Waals surface area contributed by atoms with E-state index in [0.29, 0.717) is 11.0 Å². The maximum absolute atomic E-state index is 11.2. The Balaban J connectivity index is 1.78. The van der Waals surface area contributed by atoms with Crippen molar-refractivity contribution in [1.82, 2.24) is 19.7 Å². The molecule has 0 bridgehead atoms. The molecular weight excluding hydrogens is 504 g/mol. The summed E-state index contributed by atoms with van der Waals surface area (Å²) >= 11 is 8.22. The number of hydrogen-bond acceptors (Lipinski definition) is 7. The fraction of sp³-hybridized carbons (Fsp3) is 0.200. The third-order valence-corrected chi connectivity index (χ3v) is 7.78. The van der Waals surface area contributed by atoms with Gasteiger partial charge in [0.05, 0.1) is 19.9 Å². The highest BCUT2D eigenvalue weighted by Gasteiger charge is 2.24. The van der Waals surface area contributed by atoms with Crippen molar-refractivity contribution in [1.29, 1.82) is 0 Å². The standard InChI is InChI=1S/C20H17BrN4O2S3/c1-20(2,3)14-15(21)29-19(22-14)30-18-24-23-16(13-5-4-10-28-13)25(18)12-8-6-11(7-9-12)17(26)27/h4-10H,1-3H3,(H,26,27). The third kappa shape index (κ3) is 4.22. The van der Waals surface area contributed by atoms with Crippen LogP contribution >= 0.6 is 50.4 Å². The van der Waals surface area contributed by atoms with E-state index in [1.807, 2.05) is 22.1 Å². The molecule has 1 N–H and O–H groups in total. The maximum atomic E-state index is 11.2. The number of aromatic nitrogens is 4. The lowest BCUT2D eigenvalue weighted by molar-refractivity contribution is 0.0697. The number of hydrogen-bond donors (Lipinski definition) is 1. The minimum Gasteiger partial charge on any atom is -0.478 e. The maximum Gasteiger partial charge on any atom is 0.335 e. The van der Waals surface area contributed by atoms with Crippen LogP contribution in [-0.4, -0.2) is 30.8 Å². The molecule has 0 fully saturated rings. The molecule has 10 heteroatoms. The second-order valence-corrected chi connectivity index (χ2v) is 11.9. The van der Waals surface area contributed by atoms with Gasteiger partial charge >= 0.3 is 5.97 Å². The first-order chi connectivity index (χ1) is 14.2. The van der Waals surface area contributed by atoms with Crippen molar-refractivity contribution in [3.05, 3.63) is 56.8 Å². The van der Waals surface area contributed by atoms with E-state index >= 15 is 0 Å². The number of thiazole rings is 1. The minimum atomic E-state index is -0.958. The van der Waals surface area contributed by atoms with Crippen LogP contribution in [0.25, 0.3) is 16.4 Å². The zero-order valence-electron chi connectivity index (χ0n) is 16.3. The van der Waals surface area contributed by atoms with Gasteiger partial charge in [0.25, 0.3) is 0 Å². The lowest BCUT2D eigenvalue weighted by Crippen LogP contribution is -2.12. The Kier molecular flexibility index (Phi) is 5.84. The molecule has 0 amide bonds. The van der Waals surface area contributed by atoms with Crippen molar-refractivity contribution in [2.45, 2.75) is 35.7 Å². The van der Waals surface area contributed by atoms with Crippen molar-refractivity contribution < 1.29 is 9.90 Å². The third-order valence-electron chi connectivity index (χ3n) is 4.20. The van der Waals surface area contributed by atoms with Gasteiger partial charge in [0, 0.05) is 11.1 Å². The Bertz CT molecular complexity index is 1190. The summed E-state index contributed by atoms with van der Waals surface area (Å²) in [7, 11) is 0. The fourth-order valence-electron chi connectivity index (χ4n) is 2.75. The molecule has 154 valence electrons. The molecule has 0 saturated carbocycles. The Morgan fingerprint density at radius 3 is 2.47 bits per heavy atom. The summed E-state index contributed by atoms with van der Waals surface area (Å²) < 4.78 is 3.81. The summed E-state index contributed by atoms with van der Waals surface area (Å²) in [4.78, 5) is 17.0. The van der Waals surface area contributed by atoms with Crippen LogP contribution in [-0.2, 0) is 5.41 Å². The first-order valence-corrected chi connectivity index (χ1v) is 12.2. The average molecular weight is 521 g/mol. The summed E-state index contributed by atoms with van der Waals surface area (Å²) in [5.74, 6) is -0.247. The number of rotatable bonds is 5. The Morgan fingerprint density at radius 1 is 1.17 bits per heavy atom. The van der Waals surface area contributed by atoms with Crippen LogP contribution in [0.2, 0.25) is 0 Å². The number of nitrogens with zero attached hydrogens (tertiary/aromatic N) is 4. The molecular formula is C20H17BrN4O2S3. The summed E-state index contributed by atoms with van der Waals surface area (Å²) in [5.41, 5.74) is 1.96. The molecule has 6 nitrogen and oxygen atoms in total. The van der Waals surface area contributed by atoms with E-state index in [2.05, 4.69) is 46.9 Å². The van der Waals surface area contributed by atoms with Crippen LogP contribution in [0.1, 0.15) is 36.8 Å². The van der Waals surface area contributed by atoms with Gasteiger partial charge in [-0.2, -0.15) is 0 Å². The van der Waals surface area contributed by atoms with Gasteiger partial charge in [0.2, 0.25) is 5.16 Å². The number of thiophene rings is 1. The van der Waals surface area contributed by atoms with Gasteiger partial charge in [-0.25, -0.2) is 9.78 Å². The molecule has 0 saturated heterocycles. The number of aromatic carboxylic acids is 1. The van der Waals surface area contributed by atoms with E-state index in [9.17, 15) is 9.90 Å². The number of halogens is 1. The smallest absolute Gasteiger partial charge is 0.335 e. The quantitative estimate of drug-likeness (QED) is 0.329. The van der Waals surface area contributed by atoms with E-state index in [1.165, 1.54) is 11.8 Å². The molecule has 0 atom stereocenters. The molecule has 1 aromatic carbocycles. The van der Waals surface area contributed by atoms with Crippen molar-refractivity contribution in [3.63, 3.8) is 0 Å². The van der Waals surface area contributed by atoms with Gasteiger partial charge in [-0.05, 0) is 63.4 Å². The highest BCUT2D eigenvalue weighted by atomic mass is 79.9. The normalized spacial score (nSPS) is 11.7. The van der Waals surface area contributed by atoms with Crippen LogP contribution in [0, 0.1) is 0 Å². The Hall–Kier alpha value is -2.01. The molecule has 0 aliphatic heterocycles. The van der Waals surface area contributed by atoms with Crippen LogP contribution in [0.15, 0.2) is 55.1 Å². The highest BCUT2D eigenvalue weighted by molar-refractivity contribution is 9.11. The molecule has 30 heavy (non-hydrogen) atoms. The van der Waals surface area contributed by atoms with Gasteiger partial charge in [0.15, 0.2) is 10.2 Å². The molecule has 0 radical (unpaired) electrons. The molecule has 3 heterocycles. The number of carboxylic acids is 1. The van der Waals surface area contributed by atoms with Crippen LogP contribution in [0.5, 0.6) is 0 Å². The van der Waals surface area contributed by atoms with Crippen LogP contribution in [0.3, 0.4) is 0 Å². The van der Waals surface area contributed by atoms with Gasteiger partial charge in [0.1, 0.15) is 0 Å². The van der Waals surface area contributed by atoms with E-state index in [1.54, 1.807) is 46.9 Å². The van der Waals surface area contributed by atoms with Gasteiger partial charge in [-0.1, -0.05) is 38.2 Å². The first kappa shape index (κ1) is 21.2. The summed E-state index contributed by atoms with van der Waals surface area (Å²) in [6.07, 6.45) is 0. The number of carbonyl (C=O) groups is 1. The average Bonchev–Trinajstić information content (AvgIpc) is 3.41.